The number of aryl methyl sites for hydroxylation is 1. The Bertz CT molecular complexity index is 747. The van der Waals surface area contributed by atoms with Gasteiger partial charge in [0.1, 0.15) is 10.7 Å². The molecule has 0 aliphatic heterocycles. The maximum Gasteiger partial charge on any atom is 0.267 e. The molecular weight excluding hydrogens is 270 g/mol. The Balaban J connectivity index is 2.36. The fourth-order valence-electron chi connectivity index (χ4n) is 1.55. The van der Waals surface area contributed by atoms with Crippen LogP contribution in [0.4, 0.5) is 11.5 Å². The molecule has 0 atom stereocenters. The number of pyridine rings is 1. The Hall–Kier alpha value is -2.29. The van der Waals surface area contributed by atoms with E-state index in [1.807, 2.05) is 0 Å². The van der Waals surface area contributed by atoms with Gasteiger partial charge in [-0.1, -0.05) is 0 Å². The molecule has 0 aliphatic carbocycles. The van der Waals surface area contributed by atoms with Crippen LogP contribution in [0.15, 0.2) is 34.2 Å². The van der Waals surface area contributed by atoms with Crippen LogP contribution in [0.1, 0.15) is 6.92 Å². The molecule has 9 heteroatoms. The van der Waals surface area contributed by atoms with Crippen LogP contribution in [0.3, 0.4) is 0 Å². The highest BCUT2D eigenvalue weighted by atomic mass is 32.2. The van der Waals surface area contributed by atoms with E-state index in [4.69, 9.17) is 5.73 Å². The van der Waals surface area contributed by atoms with Crippen LogP contribution >= 0.6 is 0 Å². The smallest absolute Gasteiger partial charge is 0.267 e. The number of sulfonamides is 1. The predicted octanol–water partition coefficient (Wildman–Crippen LogP) is -0.0257. The molecule has 0 aliphatic rings. The standard InChI is InChI=1S/C10H13N5O3S/c1-2-15-6-7(3-4-9(15)16)14-19(17,18)8-5-12-13-10(8)11/h3-6,14H,2H2,1H3,(H3,11,12,13). The molecule has 0 radical (unpaired) electrons. The van der Waals surface area contributed by atoms with E-state index in [0.29, 0.717) is 6.54 Å². The van der Waals surface area contributed by atoms with Gasteiger partial charge in [0, 0.05) is 18.8 Å². The number of aromatic amines is 1. The number of nitrogen functional groups attached to an aromatic ring is 1. The summed E-state index contributed by atoms with van der Waals surface area (Å²) >= 11 is 0. The molecule has 0 fully saturated rings. The van der Waals surface area contributed by atoms with Crippen LogP contribution in [-0.2, 0) is 16.6 Å². The topological polar surface area (TPSA) is 123 Å². The second-order valence-corrected chi connectivity index (χ2v) is 5.45. The van der Waals surface area contributed by atoms with Crippen LogP contribution in [0.25, 0.3) is 0 Å². The third-order valence-electron chi connectivity index (χ3n) is 2.50. The van der Waals surface area contributed by atoms with Crippen molar-refractivity contribution in [1.82, 2.24) is 14.8 Å². The molecule has 2 aromatic rings. The Labute approximate surface area is 109 Å². The highest BCUT2D eigenvalue weighted by Gasteiger charge is 2.19. The highest BCUT2D eigenvalue weighted by molar-refractivity contribution is 7.92. The zero-order valence-corrected chi connectivity index (χ0v) is 10.9. The van der Waals surface area contributed by atoms with Crippen molar-refractivity contribution in [3.8, 4) is 0 Å². The number of H-pyrrole nitrogens is 1. The van der Waals surface area contributed by atoms with E-state index in [2.05, 4.69) is 14.9 Å². The minimum absolute atomic E-state index is 0.0451. The molecule has 8 nitrogen and oxygen atoms in total. The van der Waals surface area contributed by atoms with Crippen molar-refractivity contribution in [2.24, 2.45) is 0 Å². The molecule has 0 unspecified atom stereocenters. The van der Waals surface area contributed by atoms with E-state index in [1.165, 1.54) is 22.9 Å². The largest absolute Gasteiger partial charge is 0.383 e. The number of aromatic nitrogens is 3. The zero-order valence-electron chi connectivity index (χ0n) is 10.1. The fourth-order valence-corrected chi connectivity index (χ4v) is 2.62. The van der Waals surface area contributed by atoms with Gasteiger partial charge >= 0.3 is 0 Å². The van der Waals surface area contributed by atoms with Crippen LogP contribution in [0.5, 0.6) is 0 Å². The van der Waals surface area contributed by atoms with Crippen molar-refractivity contribution < 1.29 is 8.42 Å². The summed E-state index contributed by atoms with van der Waals surface area (Å²) in [5.41, 5.74) is 5.55. The molecule has 0 saturated heterocycles. The van der Waals surface area contributed by atoms with Gasteiger partial charge in [0.25, 0.3) is 15.6 Å². The van der Waals surface area contributed by atoms with Crippen molar-refractivity contribution in [1.29, 1.82) is 0 Å². The summed E-state index contributed by atoms with van der Waals surface area (Å²) < 4.78 is 27.8. The average molecular weight is 283 g/mol. The van der Waals surface area contributed by atoms with E-state index in [9.17, 15) is 13.2 Å². The molecule has 2 aromatic heterocycles. The third-order valence-corrected chi connectivity index (χ3v) is 3.91. The summed E-state index contributed by atoms with van der Waals surface area (Å²) in [6.07, 6.45) is 2.55. The van der Waals surface area contributed by atoms with E-state index >= 15 is 0 Å². The normalized spacial score (nSPS) is 11.4. The van der Waals surface area contributed by atoms with Crippen molar-refractivity contribution in [2.75, 3.05) is 10.5 Å². The van der Waals surface area contributed by atoms with Crippen LogP contribution < -0.4 is 16.0 Å². The monoisotopic (exact) mass is 283 g/mol. The van der Waals surface area contributed by atoms with Crippen molar-refractivity contribution >= 4 is 21.5 Å². The quantitative estimate of drug-likeness (QED) is 0.727. The second-order valence-electron chi connectivity index (χ2n) is 3.80. The summed E-state index contributed by atoms with van der Waals surface area (Å²) in [6, 6.07) is 2.68. The summed E-state index contributed by atoms with van der Waals surface area (Å²) in [7, 11) is -3.82. The van der Waals surface area contributed by atoms with Gasteiger partial charge in [-0.25, -0.2) is 8.42 Å². The van der Waals surface area contributed by atoms with Gasteiger partial charge < -0.3 is 10.3 Å². The summed E-state index contributed by atoms with van der Waals surface area (Å²) in [4.78, 5) is 11.3. The van der Waals surface area contributed by atoms with Crippen molar-refractivity contribution in [3.05, 3.63) is 34.9 Å². The average Bonchev–Trinajstić information content (AvgIpc) is 2.78. The van der Waals surface area contributed by atoms with Gasteiger partial charge in [-0.05, 0) is 13.0 Å². The van der Waals surface area contributed by atoms with Crippen LogP contribution in [0, 0.1) is 0 Å². The SMILES string of the molecule is CCn1cc(NS(=O)(=O)c2cn[nH]c2N)ccc1=O. The third kappa shape index (κ3) is 2.60. The Kier molecular flexibility index (Phi) is 3.30. The molecule has 0 amide bonds. The first kappa shape index (κ1) is 13.1. The van der Waals surface area contributed by atoms with Crippen molar-refractivity contribution in [3.63, 3.8) is 0 Å². The van der Waals surface area contributed by atoms with Gasteiger partial charge in [-0.15, -0.1) is 0 Å². The number of nitrogens with one attached hydrogen (secondary N) is 2. The van der Waals surface area contributed by atoms with Gasteiger partial charge in [0.15, 0.2) is 0 Å². The van der Waals surface area contributed by atoms with Gasteiger partial charge in [0.05, 0.1) is 11.9 Å². The number of hydrogen-bond donors (Lipinski definition) is 3. The molecule has 0 spiro atoms. The lowest BCUT2D eigenvalue weighted by atomic mass is 10.4. The highest BCUT2D eigenvalue weighted by Crippen LogP contribution is 2.18. The summed E-state index contributed by atoms with van der Waals surface area (Å²) in [5, 5.41) is 5.90. The number of rotatable bonds is 4. The Morgan fingerprint density at radius 1 is 1.47 bits per heavy atom. The number of anilines is 2. The number of hydrogen-bond acceptors (Lipinski definition) is 5. The molecule has 0 aromatic carbocycles. The molecule has 2 heterocycles. The van der Waals surface area contributed by atoms with E-state index in [0.717, 1.165) is 6.20 Å². The minimum Gasteiger partial charge on any atom is -0.383 e. The Morgan fingerprint density at radius 2 is 2.21 bits per heavy atom. The predicted molar refractivity (Wildman–Crippen MR) is 70.2 cm³/mol. The van der Waals surface area contributed by atoms with Gasteiger partial charge in [-0.2, -0.15) is 5.10 Å². The Morgan fingerprint density at radius 3 is 2.79 bits per heavy atom. The molecule has 0 saturated carbocycles. The summed E-state index contributed by atoms with van der Waals surface area (Å²) in [5.74, 6) is -0.0451. The first-order valence-corrected chi connectivity index (χ1v) is 6.94. The second kappa shape index (κ2) is 4.76. The van der Waals surface area contributed by atoms with Crippen LogP contribution in [-0.4, -0.2) is 23.2 Å². The number of nitrogens with zero attached hydrogens (tertiary/aromatic N) is 2. The maximum absolute atomic E-state index is 12.0. The van der Waals surface area contributed by atoms with E-state index in [1.54, 1.807) is 6.92 Å². The van der Waals surface area contributed by atoms with Crippen molar-refractivity contribution in [2.45, 2.75) is 18.4 Å². The number of nitrogens with two attached hydrogens (primary N) is 1. The minimum atomic E-state index is -3.82. The maximum atomic E-state index is 12.0. The molecule has 102 valence electrons. The van der Waals surface area contributed by atoms with E-state index in [-0.39, 0.29) is 22.0 Å². The van der Waals surface area contributed by atoms with Gasteiger partial charge in [0.2, 0.25) is 0 Å². The molecule has 19 heavy (non-hydrogen) atoms. The lowest BCUT2D eigenvalue weighted by molar-refractivity contribution is 0.601. The van der Waals surface area contributed by atoms with Crippen LogP contribution in [0.2, 0.25) is 0 Å². The molecular formula is C10H13N5O3S. The molecule has 0 bridgehead atoms. The lowest BCUT2D eigenvalue weighted by Gasteiger charge is -2.09. The van der Waals surface area contributed by atoms with E-state index < -0.39 is 10.0 Å². The fraction of sp³-hybridized carbons (Fsp3) is 0.200. The molecule has 4 N–H and O–H groups in total. The molecule has 2 rings (SSSR count). The summed E-state index contributed by atoms with van der Waals surface area (Å²) in [6.45, 7) is 2.23. The lowest BCUT2D eigenvalue weighted by Crippen LogP contribution is -2.20. The first-order chi connectivity index (χ1) is 8.94. The zero-order chi connectivity index (χ0) is 14.0. The van der Waals surface area contributed by atoms with Gasteiger partial charge in [-0.3, -0.25) is 14.6 Å². The first-order valence-electron chi connectivity index (χ1n) is 5.46.